The molecular weight excluding hydrogens is 328 g/mol. The Morgan fingerprint density at radius 3 is 2.69 bits per heavy atom. The summed E-state index contributed by atoms with van der Waals surface area (Å²) in [5.74, 6) is -0.0594. The van der Waals surface area contributed by atoms with Crippen LogP contribution in [0.15, 0.2) is 42.6 Å². The van der Waals surface area contributed by atoms with Crippen molar-refractivity contribution in [2.75, 3.05) is 36.0 Å². The van der Waals surface area contributed by atoms with Crippen molar-refractivity contribution in [3.63, 3.8) is 0 Å². The summed E-state index contributed by atoms with van der Waals surface area (Å²) >= 11 is 0. The summed E-state index contributed by atoms with van der Waals surface area (Å²) < 4.78 is 0. The van der Waals surface area contributed by atoms with E-state index in [0.29, 0.717) is 18.8 Å². The first-order valence-corrected chi connectivity index (χ1v) is 8.99. The van der Waals surface area contributed by atoms with Crippen molar-refractivity contribution in [1.82, 2.24) is 9.88 Å². The van der Waals surface area contributed by atoms with E-state index in [2.05, 4.69) is 22.9 Å². The summed E-state index contributed by atoms with van der Waals surface area (Å²) in [5, 5.41) is 0. The van der Waals surface area contributed by atoms with E-state index in [9.17, 15) is 9.59 Å². The van der Waals surface area contributed by atoms with Crippen molar-refractivity contribution in [3.05, 3.63) is 53.9 Å². The lowest BCUT2D eigenvalue weighted by Crippen LogP contribution is -2.45. The summed E-state index contributed by atoms with van der Waals surface area (Å²) in [7, 11) is 0. The second kappa shape index (κ2) is 6.78. The third-order valence-electron chi connectivity index (χ3n) is 5.22. The number of pyridine rings is 1. The Balaban J connectivity index is 1.57. The summed E-state index contributed by atoms with van der Waals surface area (Å²) in [6.45, 7) is 5.00. The highest BCUT2D eigenvalue weighted by molar-refractivity contribution is 6.07. The first-order chi connectivity index (χ1) is 12.7. The van der Waals surface area contributed by atoms with Gasteiger partial charge in [0.25, 0.3) is 5.91 Å². The Labute approximate surface area is 153 Å². The van der Waals surface area contributed by atoms with Gasteiger partial charge in [0.05, 0.1) is 0 Å². The van der Waals surface area contributed by atoms with Gasteiger partial charge in [0.1, 0.15) is 5.69 Å². The van der Waals surface area contributed by atoms with Gasteiger partial charge in [-0.15, -0.1) is 0 Å². The Hall–Kier alpha value is -2.89. The monoisotopic (exact) mass is 350 g/mol. The van der Waals surface area contributed by atoms with Crippen molar-refractivity contribution in [2.45, 2.75) is 19.4 Å². The molecule has 2 amide bonds. The maximum atomic E-state index is 13.1. The van der Waals surface area contributed by atoms with Gasteiger partial charge >= 0.3 is 0 Å². The molecule has 1 atom stereocenters. The van der Waals surface area contributed by atoms with Crippen LogP contribution in [-0.4, -0.2) is 54.4 Å². The fourth-order valence-electron chi connectivity index (χ4n) is 3.82. The summed E-state index contributed by atoms with van der Waals surface area (Å²) in [4.78, 5) is 34.2. The van der Waals surface area contributed by atoms with Crippen LogP contribution >= 0.6 is 0 Å². The highest BCUT2D eigenvalue weighted by atomic mass is 16.2. The molecule has 1 saturated heterocycles. The van der Waals surface area contributed by atoms with E-state index in [1.165, 1.54) is 5.56 Å². The molecule has 0 radical (unpaired) electrons. The fourth-order valence-corrected chi connectivity index (χ4v) is 3.82. The molecule has 6 heteroatoms. The molecular formula is C20H22N4O2. The lowest BCUT2D eigenvalue weighted by Gasteiger charge is -2.34. The van der Waals surface area contributed by atoms with Gasteiger partial charge in [0.15, 0.2) is 0 Å². The number of rotatable bonds is 3. The molecule has 0 aliphatic carbocycles. The molecule has 134 valence electrons. The quantitative estimate of drug-likeness (QED) is 0.794. The largest absolute Gasteiger partial charge is 0.368 e. The number of piperazine rings is 1. The number of carbonyl (C=O) groups is 2. The SMILES string of the molecule is CC1Cc2ccccc2N1C(=O)c1cc(N2CCN(C=O)CC2)ccn1. The van der Waals surface area contributed by atoms with Crippen LogP contribution in [0.25, 0.3) is 0 Å². The highest BCUT2D eigenvalue weighted by Gasteiger charge is 2.32. The van der Waals surface area contributed by atoms with Crippen molar-refractivity contribution in [2.24, 2.45) is 0 Å². The number of carbonyl (C=O) groups excluding carboxylic acids is 2. The minimum atomic E-state index is -0.0594. The van der Waals surface area contributed by atoms with E-state index in [1.807, 2.05) is 35.2 Å². The van der Waals surface area contributed by atoms with Crippen LogP contribution in [0.4, 0.5) is 11.4 Å². The lowest BCUT2D eigenvalue weighted by atomic mass is 10.1. The molecule has 1 aromatic heterocycles. The fraction of sp³-hybridized carbons (Fsp3) is 0.350. The van der Waals surface area contributed by atoms with Gasteiger partial charge in [-0.3, -0.25) is 14.6 Å². The number of hydrogen-bond acceptors (Lipinski definition) is 4. The molecule has 4 rings (SSSR count). The number of fused-ring (bicyclic) bond motifs is 1. The van der Waals surface area contributed by atoms with Gasteiger partial charge in [0, 0.05) is 49.8 Å². The number of hydrogen-bond donors (Lipinski definition) is 0. The smallest absolute Gasteiger partial charge is 0.277 e. The van der Waals surface area contributed by atoms with Crippen molar-refractivity contribution in [3.8, 4) is 0 Å². The molecule has 0 N–H and O–H groups in total. The molecule has 1 unspecified atom stereocenters. The molecule has 3 heterocycles. The van der Waals surface area contributed by atoms with Gasteiger partial charge < -0.3 is 14.7 Å². The van der Waals surface area contributed by atoms with Gasteiger partial charge in [-0.25, -0.2) is 0 Å². The first kappa shape index (κ1) is 16.6. The molecule has 6 nitrogen and oxygen atoms in total. The summed E-state index contributed by atoms with van der Waals surface area (Å²) in [6, 6.07) is 12.0. The van der Waals surface area contributed by atoms with Crippen molar-refractivity contribution in [1.29, 1.82) is 0 Å². The van der Waals surface area contributed by atoms with Crippen LogP contribution in [0.1, 0.15) is 23.0 Å². The number of benzene rings is 1. The van der Waals surface area contributed by atoms with Crippen molar-refractivity contribution >= 4 is 23.7 Å². The van der Waals surface area contributed by atoms with Gasteiger partial charge in [0.2, 0.25) is 6.41 Å². The predicted molar refractivity (Wildman–Crippen MR) is 101 cm³/mol. The van der Waals surface area contributed by atoms with Crippen LogP contribution in [0, 0.1) is 0 Å². The Morgan fingerprint density at radius 2 is 1.92 bits per heavy atom. The van der Waals surface area contributed by atoms with E-state index in [4.69, 9.17) is 0 Å². The first-order valence-electron chi connectivity index (χ1n) is 8.99. The van der Waals surface area contributed by atoms with E-state index < -0.39 is 0 Å². The van der Waals surface area contributed by atoms with E-state index >= 15 is 0 Å². The zero-order chi connectivity index (χ0) is 18.1. The Morgan fingerprint density at radius 1 is 1.15 bits per heavy atom. The summed E-state index contributed by atoms with van der Waals surface area (Å²) in [6.07, 6.45) is 3.46. The molecule has 0 bridgehead atoms. The Kier molecular flexibility index (Phi) is 4.32. The molecule has 0 spiro atoms. The van der Waals surface area contributed by atoms with Gasteiger partial charge in [-0.1, -0.05) is 18.2 Å². The average Bonchev–Trinajstić information content (AvgIpc) is 3.03. The van der Waals surface area contributed by atoms with Crippen LogP contribution in [-0.2, 0) is 11.2 Å². The minimum Gasteiger partial charge on any atom is -0.368 e. The van der Waals surface area contributed by atoms with Crippen LogP contribution in [0.2, 0.25) is 0 Å². The number of nitrogens with zero attached hydrogens (tertiary/aromatic N) is 4. The third-order valence-corrected chi connectivity index (χ3v) is 5.22. The molecule has 1 aromatic carbocycles. The molecule has 2 aromatic rings. The zero-order valence-electron chi connectivity index (χ0n) is 14.8. The average molecular weight is 350 g/mol. The maximum Gasteiger partial charge on any atom is 0.277 e. The van der Waals surface area contributed by atoms with E-state index in [-0.39, 0.29) is 11.9 Å². The number of para-hydroxylation sites is 1. The summed E-state index contributed by atoms with van der Waals surface area (Å²) in [5.41, 5.74) is 3.63. The van der Waals surface area contributed by atoms with Crippen LogP contribution < -0.4 is 9.80 Å². The number of anilines is 2. The Bertz CT molecular complexity index is 830. The second-order valence-corrected chi connectivity index (χ2v) is 6.88. The molecule has 2 aliphatic rings. The molecule has 26 heavy (non-hydrogen) atoms. The topological polar surface area (TPSA) is 56.8 Å². The van der Waals surface area contributed by atoms with E-state index in [0.717, 1.165) is 37.3 Å². The molecule has 0 saturated carbocycles. The van der Waals surface area contributed by atoms with E-state index in [1.54, 1.807) is 11.1 Å². The standard InChI is InChI=1S/C20H22N4O2/c1-15-12-16-4-2-3-5-19(16)24(15)20(26)18-13-17(6-7-21-18)23-10-8-22(14-25)9-11-23/h2-7,13-15H,8-12H2,1H3. The number of aromatic nitrogens is 1. The van der Waals surface area contributed by atoms with Crippen LogP contribution in [0.5, 0.6) is 0 Å². The van der Waals surface area contributed by atoms with Crippen molar-refractivity contribution < 1.29 is 9.59 Å². The highest BCUT2D eigenvalue weighted by Crippen LogP contribution is 2.33. The second-order valence-electron chi connectivity index (χ2n) is 6.88. The lowest BCUT2D eigenvalue weighted by molar-refractivity contribution is -0.118. The maximum absolute atomic E-state index is 13.1. The predicted octanol–water partition coefficient (Wildman–Crippen LogP) is 1.95. The number of amides is 2. The van der Waals surface area contributed by atoms with Gasteiger partial charge in [-0.2, -0.15) is 0 Å². The van der Waals surface area contributed by atoms with Crippen LogP contribution in [0.3, 0.4) is 0 Å². The normalized spacial score (nSPS) is 19.4. The zero-order valence-corrected chi connectivity index (χ0v) is 14.8. The minimum absolute atomic E-state index is 0.0594. The molecule has 1 fully saturated rings. The molecule has 2 aliphatic heterocycles. The third kappa shape index (κ3) is 2.92. The van der Waals surface area contributed by atoms with Gasteiger partial charge in [-0.05, 0) is 37.1 Å².